The number of rotatable bonds is 6. The second-order valence-electron chi connectivity index (χ2n) is 5.19. The largest absolute Gasteiger partial charge is 0.481 e. The molecule has 0 aromatic heterocycles. The highest BCUT2D eigenvalue weighted by molar-refractivity contribution is 5.81. The van der Waals surface area contributed by atoms with Crippen LogP contribution < -0.4 is 16.8 Å². The van der Waals surface area contributed by atoms with Crippen LogP contribution in [0.1, 0.15) is 38.5 Å². The van der Waals surface area contributed by atoms with E-state index in [2.05, 4.69) is 5.32 Å². The van der Waals surface area contributed by atoms with Gasteiger partial charge in [-0.05, 0) is 18.3 Å². The van der Waals surface area contributed by atoms with Crippen molar-refractivity contribution in [3.05, 3.63) is 0 Å². The van der Waals surface area contributed by atoms with Gasteiger partial charge >= 0.3 is 5.97 Å². The molecule has 0 aliphatic heterocycles. The molecule has 0 aromatic carbocycles. The van der Waals surface area contributed by atoms with E-state index in [0.717, 1.165) is 32.1 Å². The molecule has 1 amide bonds. The first-order valence-corrected chi connectivity index (χ1v) is 6.44. The number of carboxylic acid groups (broad SMARTS) is 1. The predicted octanol–water partition coefficient (Wildman–Crippen LogP) is -0.186. The van der Waals surface area contributed by atoms with Gasteiger partial charge in [-0.15, -0.1) is 0 Å². The number of amides is 1. The van der Waals surface area contributed by atoms with Crippen molar-refractivity contribution < 1.29 is 14.7 Å². The van der Waals surface area contributed by atoms with Gasteiger partial charge < -0.3 is 21.9 Å². The van der Waals surface area contributed by atoms with E-state index in [1.807, 2.05) is 0 Å². The Labute approximate surface area is 107 Å². The zero-order valence-corrected chi connectivity index (χ0v) is 10.7. The molecule has 0 aromatic rings. The van der Waals surface area contributed by atoms with Crippen LogP contribution in [0.25, 0.3) is 0 Å². The number of hydrogen-bond acceptors (Lipinski definition) is 4. The lowest BCUT2D eigenvalue weighted by atomic mass is 9.71. The quantitative estimate of drug-likeness (QED) is 0.526. The van der Waals surface area contributed by atoms with Crippen LogP contribution >= 0.6 is 0 Å². The molecule has 1 aliphatic rings. The molecule has 6 N–H and O–H groups in total. The Morgan fingerprint density at radius 1 is 1.28 bits per heavy atom. The van der Waals surface area contributed by atoms with Crippen LogP contribution in [0.5, 0.6) is 0 Å². The Morgan fingerprint density at radius 3 is 2.39 bits per heavy atom. The van der Waals surface area contributed by atoms with Crippen LogP contribution in [0.2, 0.25) is 0 Å². The van der Waals surface area contributed by atoms with Crippen LogP contribution in [0, 0.1) is 5.41 Å². The molecule has 0 spiro atoms. The van der Waals surface area contributed by atoms with Crippen LogP contribution in [0.3, 0.4) is 0 Å². The smallest absolute Gasteiger partial charge is 0.303 e. The van der Waals surface area contributed by atoms with Gasteiger partial charge in [-0.2, -0.15) is 0 Å². The monoisotopic (exact) mass is 257 g/mol. The van der Waals surface area contributed by atoms with Crippen molar-refractivity contribution in [2.75, 3.05) is 13.1 Å². The molecule has 1 saturated carbocycles. The van der Waals surface area contributed by atoms with Gasteiger partial charge in [-0.25, -0.2) is 0 Å². The standard InChI is InChI=1S/C12H23N3O3/c13-7-9(14)11(18)15-8-12(6-10(16)17)4-2-1-3-5-12/h9H,1-8,13-14H2,(H,15,18)(H,16,17). The molecule has 1 aliphatic carbocycles. The number of nitrogens with two attached hydrogens (primary N) is 2. The number of hydrogen-bond donors (Lipinski definition) is 4. The Morgan fingerprint density at radius 2 is 1.89 bits per heavy atom. The highest BCUT2D eigenvalue weighted by Gasteiger charge is 2.34. The highest BCUT2D eigenvalue weighted by Crippen LogP contribution is 2.38. The maximum Gasteiger partial charge on any atom is 0.303 e. The fraction of sp³-hybridized carbons (Fsp3) is 0.833. The second kappa shape index (κ2) is 6.70. The van der Waals surface area contributed by atoms with Crippen LogP contribution in [-0.2, 0) is 9.59 Å². The maximum atomic E-state index is 11.6. The summed E-state index contributed by atoms with van der Waals surface area (Å²) < 4.78 is 0. The second-order valence-corrected chi connectivity index (χ2v) is 5.19. The molecule has 0 bridgehead atoms. The van der Waals surface area contributed by atoms with Gasteiger partial charge in [0.1, 0.15) is 0 Å². The fourth-order valence-corrected chi connectivity index (χ4v) is 2.55. The third-order valence-electron chi connectivity index (χ3n) is 3.67. The van der Waals surface area contributed by atoms with Crippen LogP contribution in [0.4, 0.5) is 0 Å². The summed E-state index contributed by atoms with van der Waals surface area (Å²) in [5.74, 6) is -1.11. The lowest BCUT2D eigenvalue weighted by molar-refractivity contribution is -0.140. The first kappa shape index (κ1) is 14.9. The van der Waals surface area contributed by atoms with Crippen LogP contribution in [0.15, 0.2) is 0 Å². The Balaban J connectivity index is 2.56. The summed E-state index contributed by atoms with van der Waals surface area (Å²) in [6.07, 6.45) is 4.97. The molecule has 0 heterocycles. The Kier molecular flexibility index (Phi) is 5.55. The zero-order valence-electron chi connectivity index (χ0n) is 10.7. The van der Waals surface area contributed by atoms with Gasteiger partial charge in [0.15, 0.2) is 0 Å². The summed E-state index contributed by atoms with van der Waals surface area (Å²) in [6, 6.07) is -0.713. The molecule has 6 nitrogen and oxygen atoms in total. The van der Waals surface area contributed by atoms with E-state index >= 15 is 0 Å². The van der Waals surface area contributed by atoms with Crippen LogP contribution in [-0.4, -0.2) is 36.1 Å². The number of carbonyl (C=O) groups excluding carboxylic acids is 1. The molecule has 0 radical (unpaired) electrons. The number of carbonyl (C=O) groups is 2. The van der Waals surface area contributed by atoms with Crippen molar-refractivity contribution in [1.82, 2.24) is 5.32 Å². The van der Waals surface area contributed by atoms with E-state index in [1.54, 1.807) is 0 Å². The molecule has 6 heteroatoms. The predicted molar refractivity (Wildman–Crippen MR) is 67.8 cm³/mol. The third-order valence-corrected chi connectivity index (χ3v) is 3.67. The molecule has 1 unspecified atom stereocenters. The maximum absolute atomic E-state index is 11.6. The van der Waals surface area contributed by atoms with E-state index in [-0.39, 0.29) is 24.3 Å². The van der Waals surface area contributed by atoms with Gasteiger partial charge in [-0.1, -0.05) is 19.3 Å². The lowest BCUT2D eigenvalue weighted by Crippen LogP contribution is -2.49. The Hall–Kier alpha value is -1.14. The van der Waals surface area contributed by atoms with Gasteiger partial charge in [-0.3, -0.25) is 9.59 Å². The SMILES string of the molecule is NCC(N)C(=O)NCC1(CC(=O)O)CCCCC1. The van der Waals surface area contributed by atoms with Crippen molar-refractivity contribution >= 4 is 11.9 Å². The third kappa shape index (κ3) is 4.27. The van der Waals surface area contributed by atoms with E-state index in [1.165, 1.54) is 0 Å². The van der Waals surface area contributed by atoms with Crippen molar-refractivity contribution in [1.29, 1.82) is 0 Å². The number of aliphatic carboxylic acids is 1. The summed E-state index contributed by atoms with van der Waals surface area (Å²) in [4.78, 5) is 22.5. The first-order valence-electron chi connectivity index (χ1n) is 6.44. The topological polar surface area (TPSA) is 118 Å². The van der Waals surface area contributed by atoms with E-state index in [0.29, 0.717) is 6.54 Å². The average molecular weight is 257 g/mol. The van der Waals surface area contributed by atoms with E-state index in [4.69, 9.17) is 16.6 Å². The van der Waals surface area contributed by atoms with Crippen molar-refractivity contribution in [3.8, 4) is 0 Å². The molecule has 18 heavy (non-hydrogen) atoms. The van der Waals surface area contributed by atoms with Crippen molar-refractivity contribution in [3.63, 3.8) is 0 Å². The molecule has 1 fully saturated rings. The number of carboxylic acids is 1. The molecule has 0 saturated heterocycles. The number of nitrogens with one attached hydrogen (secondary N) is 1. The minimum atomic E-state index is -0.811. The van der Waals surface area contributed by atoms with Gasteiger partial charge in [0, 0.05) is 13.1 Å². The molecule has 1 atom stereocenters. The summed E-state index contributed by atoms with van der Waals surface area (Å²) in [5, 5.41) is 11.7. The summed E-state index contributed by atoms with van der Waals surface area (Å²) >= 11 is 0. The molecular formula is C12H23N3O3. The summed E-state index contributed by atoms with van der Waals surface area (Å²) in [6.45, 7) is 0.476. The minimum absolute atomic E-state index is 0.0950. The Bertz CT molecular complexity index is 301. The van der Waals surface area contributed by atoms with E-state index in [9.17, 15) is 9.59 Å². The molecule has 1 rings (SSSR count). The summed E-state index contributed by atoms with van der Waals surface area (Å²) in [7, 11) is 0. The zero-order chi connectivity index (χ0) is 13.6. The van der Waals surface area contributed by atoms with Crippen molar-refractivity contribution in [2.45, 2.75) is 44.6 Å². The molecule has 104 valence electrons. The van der Waals surface area contributed by atoms with Gasteiger partial charge in [0.25, 0.3) is 0 Å². The normalized spacial score (nSPS) is 20.1. The fourth-order valence-electron chi connectivity index (χ4n) is 2.55. The van der Waals surface area contributed by atoms with Crippen molar-refractivity contribution in [2.24, 2.45) is 16.9 Å². The average Bonchev–Trinajstić information content (AvgIpc) is 2.35. The van der Waals surface area contributed by atoms with Gasteiger partial charge in [0.2, 0.25) is 5.91 Å². The first-order chi connectivity index (χ1) is 8.49. The van der Waals surface area contributed by atoms with E-state index < -0.39 is 12.0 Å². The minimum Gasteiger partial charge on any atom is -0.481 e. The van der Waals surface area contributed by atoms with Gasteiger partial charge in [0.05, 0.1) is 12.5 Å². The summed E-state index contributed by atoms with van der Waals surface area (Å²) in [5.41, 5.74) is 10.5. The lowest BCUT2D eigenvalue weighted by Gasteiger charge is -2.36. The molecular weight excluding hydrogens is 234 g/mol. The highest BCUT2D eigenvalue weighted by atomic mass is 16.4.